The first kappa shape index (κ1) is 22.7. The van der Waals surface area contributed by atoms with E-state index < -0.39 is 12.1 Å². The van der Waals surface area contributed by atoms with Crippen LogP contribution in [-0.4, -0.2) is 22.0 Å². The highest BCUT2D eigenvalue weighted by molar-refractivity contribution is 7.13. The first-order valence-electron chi connectivity index (χ1n) is 11.1. The van der Waals surface area contributed by atoms with Gasteiger partial charge in [0.25, 0.3) is 0 Å². The maximum absolute atomic E-state index is 12.6. The number of carbonyl (C=O) groups excluding carboxylic acids is 1. The zero-order valence-electron chi connectivity index (χ0n) is 17.7. The average Bonchev–Trinajstić information content (AvgIpc) is 3.35. The normalized spacial score (nSPS) is 19.9. The Morgan fingerprint density at radius 3 is 2.57 bits per heavy atom. The maximum atomic E-state index is 12.6. The first-order chi connectivity index (χ1) is 14.5. The Hall–Kier alpha value is -1.98. The fourth-order valence-corrected chi connectivity index (χ4v) is 5.42. The lowest BCUT2D eigenvalue weighted by atomic mass is 9.84. The Morgan fingerprint density at radius 1 is 1.13 bits per heavy atom. The molecule has 2 N–H and O–H groups in total. The first-order valence-corrected chi connectivity index (χ1v) is 11.9. The van der Waals surface area contributed by atoms with Crippen molar-refractivity contribution in [1.82, 2.24) is 0 Å². The van der Waals surface area contributed by atoms with Crippen LogP contribution in [0.4, 0.5) is 0 Å². The summed E-state index contributed by atoms with van der Waals surface area (Å²) in [5, 5.41) is 19.4. The summed E-state index contributed by atoms with van der Waals surface area (Å²) >= 11 is 1.34. The molecule has 2 unspecified atom stereocenters. The van der Waals surface area contributed by atoms with Crippen molar-refractivity contribution in [3.05, 3.63) is 57.3 Å². The second-order valence-corrected chi connectivity index (χ2v) is 9.55. The van der Waals surface area contributed by atoms with Crippen molar-refractivity contribution in [3.8, 4) is 0 Å². The molecule has 1 heterocycles. The molecular formula is C25H32O4S. The third-order valence-corrected chi connectivity index (χ3v) is 7.34. The Morgan fingerprint density at radius 2 is 1.90 bits per heavy atom. The van der Waals surface area contributed by atoms with Crippen molar-refractivity contribution < 1.29 is 19.8 Å². The molecule has 4 nitrogen and oxygen atoms in total. The van der Waals surface area contributed by atoms with Crippen molar-refractivity contribution in [3.63, 3.8) is 0 Å². The van der Waals surface area contributed by atoms with Crippen LogP contribution in [-0.2, 0) is 11.2 Å². The molecule has 0 radical (unpaired) electrons. The van der Waals surface area contributed by atoms with Gasteiger partial charge in [0.2, 0.25) is 0 Å². The summed E-state index contributed by atoms with van der Waals surface area (Å²) in [5.74, 6) is -0.252. The third-order valence-electron chi connectivity index (χ3n) is 6.21. The van der Waals surface area contributed by atoms with Crippen molar-refractivity contribution in [2.45, 2.75) is 76.7 Å². The fraction of sp³-hybridized carbons (Fsp3) is 0.520. The van der Waals surface area contributed by atoms with Gasteiger partial charge in [-0.1, -0.05) is 50.5 Å². The Labute approximate surface area is 183 Å². The van der Waals surface area contributed by atoms with Crippen molar-refractivity contribution in [1.29, 1.82) is 0 Å². The Balaban J connectivity index is 1.56. The molecule has 0 spiro atoms. The molecule has 162 valence electrons. The van der Waals surface area contributed by atoms with E-state index in [1.807, 2.05) is 30.3 Å². The van der Waals surface area contributed by atoms with Gasteiger partial charge in [-0.25, -0.2) is 4.79 Å². The minimum absolute atomic E-state index is 0.0470. The van der Waals surface area contributed by atoms with Gasteiger partial charge in [0.05, 0.1) is 6.10 Å². The average molecular weight is 429 g/mol. The molecule has 3 rings (SSSR count). The lowest BCUT2D eigenvalue weighted by Gasteiger charge is -2.20. The molecule has 1 aromatic carbocycles. The molecule has 5 heteroatoms. The predicted molar refractivity (Wildman–Crippen MR) is 120 cm³/mol. The van der Waals surface area contributed by atoms with E-state index in [4.69, 9.17) is 5.11 Å². The molecule has 1 aromatic heterocycles. The second kappa shape index (κ2) is 10.9. The van der Waals surface area contributed by atoms with Crippen LogP contribution in [0.3, 0.4) is 0 Å². The number of benzene rings is 1. The largest absolute Gasteiger partial charge is 0.477 e. The highest BCUT2D eigenvalue weighted by atomic mass is 32.1. The van der Waals surface area contributed by atoms with Crippen LogP contribution in [0.25, 0.3) is 0 Å². The zero-order valence-corrected chi connectivity index (χ0v) is 18.5. The number of carbonyl (C=O) groups is 2. The summed E-state index contributed by atoms with van der Waals surface area (Å²) in [5.41, 5.74) is 2.00. The van der Waals surface area contributed by atoms with Crippen LogP contribution in [0.5, 0.6) is 0 Å². The van der Waals surface area contributed by atoms with Crippen LogP contribution in [0.2, 0.25) is 0 Å². The number of Topliss-reactive ketones (excluding diaryl/α,β-unsaturated/α-hetero) is 1. The van der Waals surface area contributed by atoms with Crippen molar-refractivity contribution in [2.75, 3.05) is 0 Å². The minimum atomic E-state index is -0.869. The number of carboxylic acid groups (broad SMARTS) is 1. The number of aryl methyl sites for hydroxylation is 1. The van der Waals surface area contributed by atoms with Gasteiger partial charge in [0.1, 0.15) is 10.7 Å². The quantitative estimate of drug-likeness (QED) is 0.421. The minimum Gasteiger partial charge on any atom is -0.477 e. The van der Waals surface area contributed by atoms with Crippen molar-refractivity contribution in [2.24, 2.45) is 5.92 Å². The molecule has 3 atom stereocenters. The number of unbranched alkanes of at least 4 members (excludes halogenated alkanes) is 2. The van der Waals surface area contributed by atoms with E-state index in [-0.39, 0.29) is 5.92 Å². The highest BCUT2D eigenvalue weighted by Crippen LogP contribution is 2.40. The SMILES string of the molecule is CCCCCC(O)c1ccc(C2C(=O)CC[C@@H]2CCCc2ccc(C(=O)O)s2)cc1. The van der Waals surface area contributed by atoms with E-state index in [0.29, 0.717) is 23.0 Å². The van der Waals surface area contributed by atoms with Gasteiger partial charge in [-0.2, -0.15) is 0 Å². The van der Waals surface area contributed by atoms with Crippen molar-refractivity contribution >= 4 is 23.1 Å². The van der Waals surface area contributed by atoms with E-state index in [0.717, 1.165) is 67.4 Å². The van der Waals surface area contributed by atoms with E-state index in [2.05, 4.69) is 6.92 Å². The smallest absolute Gasteiger partial charge is 0.345 e. The van der Waals surface area contributed by atoms with Gasteiger partial charge in [-0.3, -0.25) is 4.79 Å². The molecule has 0 amide bonds. The van der Waals surface area contributed by atoms with Gasteiger partial charge in [-0.15, -0.1) is 11.3 Å². The summed E-state index contributed by atoms with van der Waals surface area (Å²) < 4.78 is 0. The van der Waals surface area contributed by atoms with E-state index in [1.165, 1.54) is 11.3 Å². The van der Waals surface area contributed by atoms with Crippen LogP contribution in [0.15, 0.2) is 36.4 Å². The number of carboxylic acids is 1. The van der Waals surface area contributed by atoms with E-state index in [9.17, 15) is 14.7 Å². The third kappa shape index (κ3) is 5.79. The summed E-state index contributed by atoms with van der Waals surface area (Å²) in [6.07, 6.45) is 8.01. The van der Waals surface area contributed by atoms with Gasteiger partial charge < -0.3 is 10.2 Å². The van der Waals surface area contributed by atoms with Crippen LogP contribution >= 0.6 is 11.3 Å². The van der Waals surface area contributed by atoms with Gasteiger partial charge >= 0.3 is 5.97 Å². The summed E-state index contributed by atoms with van der Waals surface area (Å²) in [7, 11) is 0. The molecule has 30 heavy (non-hydrogen) atoms. The zero-order chi connectivity index (χ0) is 21.5. The molecule has 0 aliphatic heterocycles. The number of aliphatic hydroxyl groups is 1. The van der Waals surface area contributed by atoms with Crippen LogP contribution in [0, 0.1) is 5.92 Å². The van der Waals surface area contributed by atoms with Gasteiger partial charge in [0.15, 0.2) is 0 Å². The molecule has 0 bridgehead atoms. The Bertz CT molecular complexity index is 839. The number of hydrogen-bond donors (Lipinski definition) is 2. The number of ketones is 1. The van der Waals surface area contributed by atoms with E-state index in [1.54, 1.807) is 6.07 Å². The molecule has 0 saturated heterocycles. The molecule has 2 aromatic rings. The molecule has 1 saturated carbocycles. The summed E-state index contributed by atoms with van der Waals surface area (Å²) in [6.45, 7) is 2.16. The lowest BCUT2D eigenvalue weighted by molar-refractivity contribution is -0.119. The summed E-state index contributed by atoms with van der Waals surface area (Å²) in [6, 6.07) is 11.6. The number of aliphatic hydroxyl groups excluding tert-OH is 1. The topological polar surface area (TPSA) is 74.6 Å². The lowest BCUT2D eigenvalue weighted by Crippen LogP contribution is -2.13. The van der Waals surface area contributed by atoms with Crippen LogP contribution < -0.4 is 0 Å². The molecular weight excluding hydrogens is 396 g/mol. The number of rotatable bonds is 11. The Kier molecular flexibility index (Phi) is 8.23. The molecule has 1 fully saturated rings. The number of hydrogen-bond acceptors (Lipinski definition) is 4. The maximum Gasteiger partial charge on any atom is 0.345 e. The molecule has 1 aliphatic rings. The predicted octanol–water partition coefficient (Wildman–Crippen LogP) is 6.15. The van der Waals surface area contributed by atoms with Gasteiger partial charge in [-0.05, 0) is 61.3 Å². The summed E-state index contributed by atoms with van der Waals surface area (Å²) in [4.78, 5) is 25.1. The van der Waals surface area contributed by atoms with E-state index >= 15 is 0 Å². The monoisotopic (exact) mass is 428 g/mol. The standard InChI is InChI=1S/C25H32O4S/c1-2-3-4-8-21(26)17-9-11-19(12-10-17)24-18(13-15-22(24)27)6-5-7-20-14-16-23(30-20)25(28)29/h9-12,14,16,18,21,24,26H,2-8,13,15H2,1H3,(H,28,29)/t18-,21?,24?/m0/s1. The number of thiophene rings is 1. The highest BCUT2D eigenvalue weighted by Gasteiger charge is 2.35. The van der Waals surface area contributed by atoms with Crippen LogP contribution in [0.1, 0.15) is 96.0 Å². The second-order valence-electron chi connectivity index (χ2n) is 8.38. The van der Waals surface area contributed by atoms with Gasteiger partial charge in [0, 0.05) is 17.2 Å². The fourth-order valence-electron chi connectivity index (χ4n) is 4.53. The number of aromatic carboxylic acids is 1. The molecule has 1 aliphatic carbocycles.